The first-order chi connectivity index (χ1) is 13.5. The third-order valence-electron chi connectivity index (χ3n) is 5.03. The maximum absolute atomic E-state index is 13.1. The van der Waals surface area contributed by atoms with Gasteiger partial charge in [-0.1, -0.05) is 48.5 Å². The molecule has 1 heterocycles. The van der Waals surface area contributed by atoms with Crippen molar-refractivity contribution in [2.75, 3.05) is 5.32 Å². The topological polar surface area (TPSA) is 73.1 Å². The van der Waals surface area contributed by atoms with Gasteiger partial charge < -0.3 is 5.32 Å². The van der Waals surface area contributed by atoms with Gasteiger partial charge in [0.2, 0.25) is 10.9 Å². The fraction of sp³-hybridized carbons (Fsp3) is 0.136. The molecule has 0 atom stereocenters. The van der Waals surface area contributed by atoms with E-state index >= 15 is 0 Å². The highest BCUT2D eigenvalue weighted by atomic mass is 16.2. The lowest BCUT2D eigenvalue weighted by molar-refractivity contribution is 0.630. The van der Waals surface area contributed by atoms with Crippen molar-refractivity contribution in [2.45, 2.75) is 13.5 Å². The summed E-state index contributed by atoms with van der Waals surface area (Å²) in [4.78, 5) is 37.6. The van der Waals surface area contributed by atoms with Gasteiger partial charge in [0.1, 0.15) is 0 Å². The summed E-state index contributed by atoms with van der Waals surface area (Å²) in [5, 5.41) is 3.04. The van der Waals surface area contributed by atoms with Crippen molar-refractivity contribution in [1.82, 2.24) is 9.36 Å². The number of aromatic nitrogens is 2. The molecule has 0 fully saturated rings. The lowest BCUT2D eigenvalue weighted by Crippen LogP contribution is -2.37. The van der Waals surface area contributed by atoms with Crippen LogP contribution in [0.25, 0.3) is 16.8 Å². The largest absolute Gasteiger partial charge is 0.377 e. The molecule has 3 aromatic carbocycles. The molecule has 0 amide bonds. The summed E-state index contributed by atoms with van der Waals surface area (Å²) < 4.78 is 3.20. The number of anilines is 1. The molecule has 0 radical (unpaired) electrons. The Balaban J connectivity index is 1.79. The normalized spacial score (nSPS) is 11.1. The summed E-state index contributed by atoms with van der Waals surface area (Å²) in [5.41, 5.74) is 1.43. The van der Waals surface area contributed by atoms with Crippen LogP contribution >= 0.6 is 0 Å². The first-order valence-corrected chi connectivity index (χ1v) is 8.96. The Hall–Kier alpha value is -3.67. The maximum atomic E-state index is 13.1. The Labute approximate surface area is 161 Å². The third kappa shape index (κ3) is 2.70. The number of rotatable bonds is 5. The smallest absolute Gasteiger partial charge is 0.279 e. The zero-order valence-electron chi connectivity index (χ0n) is 15.6. The molecule has 1 N–H and O–H groups in total. The maximum Gasteiger partial charge on any atom is 0.279 e. The van der Waals surface area contributed by atoms with Crippen molar-refractivity contribution in [1.29, 1.82) is 0 Å². The molecule has 28 heavy (non-hydrogen) atoms. The van der Waals surface area contributed by atoms with Gasteiger partial charge in [0.05, 0.1) is 22.5 Å². The average molecular weight is 373 g/mol. The zero-order valence-corrected chi connectivity index (χ0v) is 15.6. The van der Waals surface area contributed by atoms with E-state index in [0.29, 0.717) is 17.9 Å². The predicted molar refractivity (Wildman–Crippen MR) is 110 cm³/mol. The second-order valence-electron chi connectivity index (χ2n) is 6.68. The van der Waals surface area contributed by atoms with Crippen LogP contribution in [0, 0.1) is 6.92 Å². The van der Waals surface area contributed by atoms with Gasteiger partial charge in [-0.3, -0.25) is 19.1 Å². The van der Waals surface area contributed by atoms with E-state index in [1.54, 1.807) is 18.7 Å². The van der Waals surface area contributed by atoms with Crippen LogP contribution in [-0.4, -0.2) is 9.36 Å². The monoisotopic (exact) mass is 373 g/mol. The van der Waals surface area contributed by atoms with E-state index in [2.05, 4.69) is 5.32 Å². The minimum atomic E-state index is -0.624. The van der Waals surface area contributed by atoms with E-state index in [1.165, 1.54) is 4.68 Å². The second-order valence-corrected chi connectivity index (χ2v) is 6.68. The van der Waals surface area contributed by atoms with Crippen molar-refractivity contribution in [2.24, 2.45) is 7.05 Å². The van der Waals surface area contributed by atoms with Crippen molar-refractivity contribution in [3.63, 3.8) is 0 Å². The number of benzene rings is 2. The molecule has 4 aromatic rings. The van der Waals surface area contributed by atoms with E-state index in [-0.39, 0.29) is 22.4 Å². The van der Waals surface area contributed by atoms with Gasteiger partial charge in [-0.25, -0.2) is 4.68 Å². The van der Waals surface area contributed by atoms with Gasteiger partial charge in [-0.05, 0) is 24.6 Å². The molecule has 0 saturated heterocycles. The Bertz CT molecular complexity index is 1270. The van der Waals surface area contributed by atoms with E-state index in [1.807, 2.05) is 60.7 Å². The SMILES string of the molecule is Cc1c(-c2c(NCc3ccccc3)c(=O)c2=O)c(=O)n(-c2ccccc2)n1C. The van der Waals surface area contributed by atoms with Crippen LogP contribution in [0.15, 0.2) is 75.0 Å². The Morgan fingerprint density at radius 1 is 0.821 bits per heavy atom. The molecule has 0 unspecified atom stereocenters. The van der Waals surface area contributed by atoms with Crippen LogP contribution in [0.4, 0.5) is 5.69 Å². The summed E-state index contributed by atoms with van der Waals surface area (Å²) in [5.74, 6) is 0. The summed E-state index contributed by atoms with van der Waals surface area (Å²) in [6.45, 7) is 2.17. The van der Waals surface area contributed by atoms with E-state index < -0.39 is 10.9 Å². The molecule has 0 aliphatic heterocycles. The molecular formula is C22H19N3O3. The molecule has 6 heteroatoms. The van der Waals surface area contributed by atoms with Gasteiger partial charge >= 0.3 is 0 Å². The number of para-hydroxylation sites is 1. The van der Waals surface area contributed by atoms with Crippen LogP contribution < -0.4 is 21.7 Å². The van der Waals surface area contributed by atoms with E-state index in [9.17, 15) is 14.4 Å². The molecule has 4 rings (SSSR count). The predicted octanol–water partition coefficient (Wildman–Crippen LogP) is 2.36. The second kappa shape index (κ2) is 6.81. The van der Waals surface area contributed by atoms with E-state index in [4.69, 9.17) is 0 Å². The molecule has 0 saturated carbocycles. The van der Waals surface area contributed by atoms with Gasteiger partial charge in [0, 0.05) is 19.3 Å². The lowest BCUT2D eigenvalue weighted by Gasteiger charge is -2.12. The first kappa shape index (κ1) is 17.7. The van der Waals surface area contributed by atoms with Gasteiger partial charge in [0.25, 0.3) is 5.56 Å². The van der Waals surface area contributed by atoms with Crippen LogP contribution in [0.1, 0.15) is 11.3 Å². The summed E-state index contributed by atoms with van der Waals surface area (Å²) in [6.07, 6.45) is 0. The average Bonchev–Trinajstić information content (AvgIpc) is 2.94. The Kier molecular flexibility index (Phi) is 4.31. The summed E-state index contributed by atoms with van der Waals surface area (Å²) in [7, 11) is 1.76. The van der Waals surface area contributed by atoms with Crippen molar-refractivity contribution in [3.05, 3.63) is 103 Å². The molecule has 6 nitrogen and oxygen atoms in total. The Morgan fingerprint density at radius 3 is 2.07 bits per heavy atom. The number of hydrogen-bond donors (Lipinski definition) is 1. The lowest BCUT2D eigenvalue weighted by atomic mass is 9.98. The van der Waals surface area contributed by atoms with Crippen molar-refractivity contribution < 1.29 is 0 Å². The van der Waals surface area contributed by atoms with Crippen LogP contribution in [0.5, 0.6) is 0 Å². The first-order valence-electron chi connectivity index (χ1n) is 8.96. The third-order valence-corrected chi connectivity index (χ3v) is 5.03. The summed E-state index contributed by atoms with van der Waals surface area (Å²) in [6, 6.07) is 18.8. The van der Waals surface area contributed by atoms with Gasteiger partial charge in [-0.2, -0.15) is 0 Å². The molecule has 140 valence electrons. The van der Waals surface area contributed by atoms with Crippen LogP contribution in [0.2, 0.25) is 0 Å². The Morgan fingerprint density at radius 2 is 1.43 bits per heavy atom. The highest BCUT2D eigenvalue weighted by molar-refractivity contribution is 5.83. The van der Waals surface area contributed by atoms with E-state index in [0.717, 1.165) is 5.56 Å². The van der Waals surface area contributed by atoms with Crippen molar-refractivity contribution >= 4 is 5.69 Å². The number of nitrogens with one attached hydrogen (secondary N) is 1. The van der Waals surface area contributed by atoms with Crippen LogP contribution in [0.3, 0.4) is 0 Å². The highest BCUT2D eigenvalue weighted by Gasteiger charge is 2.29. The number of hydrogen-bond acceptors (Lipinski definition) is 4. The van der Waals surface area contributed by atoms with Crippen molar-refractivity contribution in [3.8, 4) is 16.8 Å². The molecule has 0 aliphatic rings. The molecule has 0 spiro atoms. The molecule has 0 aliphatic carbocycles. The quantitative estimate of drug-likeness (QED) is 0.545. The standard InChI is InChI=1S/C22H19N3O3/c1-14-17(22(28)25(24(14)2)16-11-7-4-8-12-16)18-19(21(27)20(18)26)23-13-15-9-5-3-6-10-15/h3-12,23H,13H2,1-2H3. The summed E-state index contributed by atoms with van der Waals surface area (Å²) >= 11 is 0. The highest BCUT2D eigenvalue weighted by Crippen LogP contribution is 2.25. The fourth-order valence-corrected chi connectivity index (χ4v) is 3.44. The molecule has 1 aromatic heterocycles. The zero-order chi connectivity index (χ0) is 19.8. The van der Waals surface area contributed by atoms with Gasteiger partial charge in [0.15, 0.2) is 0 Å². The fourth-order valence-electron chi connectivity index (χ4n) is 3.44. The number of nitrogens with zero attached hydrogens (tertiary/aromatic N) is 2. The molecule has 0 bridgehead atoms. The molecular weight excluding hydrogens is 354 g/mol. The van der Waals surface area contributed by atoms with Gasteiger partial charge in [-0.15, -0.1) is 0 Å². The minimum Gasteiger partial charge on any atom is -0.377 e. The minimum absolute atomic E-state index is 0.175. The van der Waals surface area contributed by atoms with Crippen LogP contribution in [-0.2, 0) is 13.6 Å².